The van der Waals surface area contributed by atoms with E-state index in [-0.39, 0.29) is 19.2 Å². The van der Waals surface area contributed by atoms with E-state index in [1.54, 1.807) is 24.4 Å². The summed E-state index contributed by atoms with van der Waals surface area (Å²) in [5.74, 6) is -0.552. The second kappa shape index (κ2) is 6.18. The first kappa shape index (κ1) is 16.0. The van der Waals surface area contributed by atoms with Crippen LogP contribution in [0.3, 0.4) is 0 Å². The Balaban J connectivity index is 1.89. The van der Waals surface area contributed by atoms with Crippen molar-refractivity contribution in [1.29, 1.82) is 0 Å². The molecule has 0 saturated carbocycles. The van der Waals surface area contributed by atoms with E-state index in [2.05, 4.69) is 4.98 Å². The van der Waals surface area contributed by atoms with Crippen molar-refractivity contribution in [1.82, 2.24) is 9.29 Å². The lowest BCUT2D eigenvalue weighted by molar-refractivity contribution is -0.130. The summed E-state index contributed by atoms with van der Waals surface area (Å²) in [6, 6.07) is 5.09. The maximum Gasteiger partial charge on any atom is 0.390 e. The van der Waals surface area contributed by atoms with Gasteiger partial charge >= 0.3 is 6.18 Å². The Morgan fingerprint density at radius 2 is 2.14 bits per heavy atom. The zero-order valence-corrected chi connectivity index (χ0v) is 11.9. The summed E-state index contributed by atoms with van der Waals surface area (Å²) in [4.78, 5) is 3.96. The van der Waals surface area contributed by atoms with Gasteiger partial charge in [0.05, 0.1) is 18.7 Å². The number of nitrogens with zero attached hydrogens (tertiary/aromatic N) is 2. The molecule has 0 bridgehead atoms. The lowest BCUT2D eigenvalue weighted by Gasteiger charge is -2.17. The van der Waals surface area contributed by atoms with E-state index in [0.29, 0.717) is 12.3 Å². The molecule has 0 aliphatic carbocycles. The van der Waals surface area contributed by atoms with E-state index < -0.39 is 28.4 Å². The van der Waals surface area contributed by atoms with E-state index in [4.69, 9.17) is 4.74 Å². The molecule has 21 heavy (non-hydrogen) atoms. The van der Waals surface area contributed by atoms with Crippen molar-refractivity contribution in [3.05, 3.63) is 24.4 Å². The molecule has 1 aliphatic rings. The molecule has 5 nitrogen and oxygen atoms in total. The molecule has 1 atom stereocenters. The molecule has 9 heteroatoms. The quantitative estimate of drug-likeness (QED) is 0.829. The molecular formula is C12H15F3N2O3S. The summed E-state index contributed by atoms with van der Waals surface area (Å²) in [5.41, 5.74) is 0. The second-order valence-electron chi connectivity index (χ2n) is 4.74. The molecule has 118 valence electrons. The van der Waals surface area contributed by atoms with Crippen molar-refractivity contribution in [2.45, 2.75) is 25.1 Å². The highest BCUT2D eigenvalue weighted by atomic mass is 32.2. The molecule has 0 radical (unpaired) electrons. The summed E-state index contributed by atoms with van der Waals surface area (Å²) in [7, 11) is -3.91. The number of alkyl halides is 3. The van der Waals surface area contributed by atoms with Crippen LogP contribution in [0.15, 0.2) is 24.4 Å². The fraction of sp³-hybridized carbons (Fsp3) is 0.583. The third-order valence-electron chi connectivity index (χ3n) is 3.07. The van der Waals surface area contributed by atoms with Crippen molar-refractivity contribution >= 4 is 10.0 Å². The molecule has 1 aliphatic heterocycles. The Morgan fingerprint density at radius 3 is 2.76 bits per heavy atom. The topological polar surface area (TPSA) is 59.5 Å². The first-order valence-electron chi connectivity index (χ1n) is 6.38. The van der Waals surface area contributed by atoms with Gasteiger partial charge in [0.25, 0.3) is 0 Å². The lowest BCUT2D eigenvalue weighted by Crippen LogP contribution is -2.34. The predicted molar refractivity (Wildman–Crippen MR) is 69.3 cm³/mol. The van der Waals surface area contributed by atoms with Crippen molar-refractivity contribution < 1.29 is 26.3 Å². The third-order valence-corrected chi connectivity index (χ3v) is 4.91. The molecular weight excluding hydrogens is 309 g/mol. The number of hydrogen-bond acceptors (Lipinski definition) is 4. The van der Waals surface area contributed by atoms with E-state index in [0.717, 1.165) is 4.31 Å². The average molecular weight is 324 g/mol. The number of hydrogen-bond donors (Lipinski definition) is 0. The van der Waals surface area contributed by atoms with Crippen molar-refractivity contribution in [2.24, 2.45) is 0 Å². The predicted octanol–water partition coefficient (Wildman–Crippen LogP) is 1.82. The van der Waals surface area contributed by atoms with Gasteiger partial charge in [-0.25, -0.2) is 13.4 Å². The van der Waals surface area contributed by atoms with E-state index >= 15 is 0 Å². The van der Waals surface area contributed by atoms with E-state index in [9.17, 15) is 21.6 Å². The van der Waals surface area contributed by atoms with Crippen LogP contribution in [0.2, 0.25) is 0 Å². The van der Waals surface area contributed by atoms with Crippen LogP contribution in [0, 0.1) is 0 Å². The summed E-state index contributed by atoms with van der Waals surface area (Å²) in [6.07, 6.45) is -4.22. The zero-order valence-electron chi connectivity index (χ0n) is 11.1. The molecule has 0 unspecified atom stereocenters. The monoisotopic (exact) mass is 324 g/mol. The van der Waals surface area contributed by atoms with Crippen LogP contribution in [0.1, 0.15) is 12.8 Å². The maximum absolute atomic E-state index is 12.1. The molecule has 0 spiro atoms. The Morgan fingerprint density at radius 1 is 1.38 bits per heavy atom. The zero-order chi connectivity index (χ0) is 15.5. The van der Waals surface area contributed by atoms with Gasteiger partial charge in [-0.3, -0.25) is 0 Å². The Hall–Kier alpha value is -1.35. The minimum atomic E-state index is -4.48. The first-order valence-corrected chi connectivity index (χ1v) is 7.99. The van der Waals surface area contributed by atoms with Crippen LogP contribution < -0.4 is 4.74 Å². The van der Waals surface area contributed by atoms with Gasteiger partial charge in [0.1, 0.15) is 6.10 Å². The number of aromatic nitrogens is 1. The number of rotatable bonds is 5. The molecule has 1 aromatic rings. The molecule has 0 amide bonds. The summed E-state index contributed by atoms with van der Waals surface area (Å²) < 4.78 is 66.6. The Labute approximate surface area is 120 Å². The van der Waals surface area contributed by atoms with Gasteiger partial charge in [-0.1, -0.05) is 6.07 Å². The fourth-order valence-corrected chi connectivity index (χ4v) is 3.53. The SMILES string of the molecule is O=S(=O)(CCC(F)(F)F)N1CC[C@H](Oc2ccccn2)C1. The van der Waals surface area contributed by atoms with Crippen molar-refractivity contribution in [2.75, 3.05) is 18.8 Å². The summed E-state index contributed by atoms with van der Waals surface area (Å²) in [5, 5.41) is 0. The molecule has 0 aromatic carbocycles. The van der Waals surface area contributed by atoms with E-state index in [1.807, 2.05) is 0 Å². The van der Waals surface area contributed by atoms with Gasteiger partial charge in [-0.2, -0.15) is 17.5 Å². The van der Waals surface area contributed by atoms with Gasteiger partial charge in [-0.05, 0) is 12.5 Å². The van der Waals surface area contributed by atoms with E-state index in [1.165, 1.54) is 0 Å². The standard InChI is InChI=1S/C12H15F3N2O3S/c13-12(14,15)5-8-21(18,19)17-7-4-10(9-17)20-11-3-1-2-6-16-11/h1-3,6,10H,4-5,7-9H2/t10-/m0/s1. The highest BCUT2D eigenvalue weighted by Gasteiger charge is 2.36. The fourth-order valence-electron chi connectivity index (χ4n) is 2.01. The molecule has 2 rings (SSSR count). The van der Waals surface area contributed by atoms with Gasteiger partial charge in [0, 0.05) is 18.8 Å². The third kappa shape index (κ3) is 4.85. The average Bonchev–Trinajstić information content (AvgIpc) is 2.86. The molecule has 2 heterocycles. The highest BCUT2D eigenvalue weighted by molar-refractivity contribution is 7.89. The van der Waals surface area contributed by atoms with Crippen molar-refractivity contribution in [3.63, 3.8) is 0 Å². The number of sulfonamides is 1. The van der Waals surface area contributed by atoms with Gasteiger partial charge < -0.3 is 4.74 Å². The first-order chi connectivity index (χ1) is 9.76. The molecule has 1 aromatic heterocycles. The minimum Gasteiger partial charge on any atom is -0.473 e. The van der Waals surface area contributed by atoms with Crippen LogP contribution in [0.5, 0.6) is 5.88 Å². The Bertz CT molecular complexity index is 563. The number of pyridine rings is 1. The molecule has 0 N–H and O–H groups in total. The van der Waals surface area contributed by atoms with Gasteiger partial charge in [-0.15, -0.1) is 0 Å². The van der Waals surface area contributed by atoms with Crippen LogP contribution in [0.4, 0.5) is 13.2 Å². The summed E-state index contributed by atoms with van der Waals surface area (Å²) >= 11 is 0. The van der Waals surface area contributed by atoms with Crippen molar-refractivity contribution in [3.8, 4) is 5.88 Å². The largest absolute Gasteiger partial charge is 0.473 e. The normalized spacial score (nSPS) is 20.6. The second-order valence-corrected chi connectivity index (χ2v) is 6.82. The smallest absolute Gasteiger partial charge is 0.390 e. The Kier molecular flexibility index (Phi) is 4.72. The van der Waals surface area contributed by atoms with Crippen LogP contribution in [-0.2, 0) is 10.0 Å². The van der Waals surface area contributed by atoms with Crippen LogP contribution in [-0.4, -0.2) is 48.8 Å². The van der Waals surface area contributed by atoms with Gasteiger partial charge in [0.15, 0.2) is 0 Å². The highest BCUT2D eigenvalue weighted by Crippen LogP contribution is 2.24. The number of halogens is 3. The number of ether oxygens (including phenoxy) is 1. The summed E-state index contributed by atoms with van der Waals surface area (Å²) in [6.45, 7) is 0.217. The molecule has 1 saturated heterocycles. The van der Waals surface area contributed by atoms with Crippen LogP contribution in [0.25, 0.3) is 0 Å². The lowest BCUT2D eigenvalue weighted by atomic mass is 10.3. The van der Waals surface area contributed by atoms with Gasteiger partial charge in [0.2, 0.25) is 15.9 Å². The minimum absolute atomic E-state index is 0.0523. The molecule has 1 fully saturated rings. The van der Waals surface area contributed by atoms with Crippen LogP contribution >= 0.6 is 0 Å². The maximum atomic E-state index is 12.1.